The molecule has 0 spiro atoms. The van der Waals surface area contributed by atoms with Gasteiger partial charge in [0.2, 0.25) is 0 Å². The van der Waals surface area contributed by atoms with E-state index >= 15 is 0 Å². The molecule has 0 amide bonds. The van der Waals surface area contributed by atoms with E-state index in [1.165, 1.54) is 0 Å². The molecule has 0 aliphatic carbocycles. The zero-order valence-corrected chi connectivity index (χ0v) is 13.0. The van der Waals surface area contributed by atoms with Crippen molar-refractivity contribution in [2.45, 2.75) is 15.7 Å². The number of nitrogens with one attached hydrogen (secondary N) is 1. The molecule has 0 saturated heterocycles. The van der Waals surface area contributed by atoms with Crippen molar-refractivity contribution in [2.75, 3.05) is 5.01 Å². The molecule has 12 nitrogen and oxygen atoms in total. The SMILES string of the molecule is O=C(O)C1=CC(O)(O)N(c2cc(S(=O)(=O)O)ccc2S(=O)(=O)O)N1. The molecule has 14 heteroatoms. The topological polar surface area (TPSA) is 202 Å². The summed E-state index contributed by atoms with van der Waals surface area (Å²) < 4.78 is 63.3. The van der Waals surface area contributed by atoms with Gasteiger partial charge in [-0.15, -0.1) is 0 Å². The number of benzene rings is 1. The van der Waals surface area contributed by atoms with Crippen LogP contribution in [0.2, 0.25) is 0 Å². The van der Waals surface area contributed by atoms with Gasteiger partial charge in [0.25, 0.3) is 26.1 Å². The zero-order chi connectivity index (χ0) is 18.5. The highest BCUT2D eigenvalue weighted by molar-refractivity contribution is 7.86. The smallest absolute Gasteiger partial charge is 0.353 e. The van der Waals surface area contributed by atoms with Crippen LogP contribution >= 0.6 is 0 Å². The summed E-state index contributed by atoms with van der Waals surface area (Å²) in [6, 6.07) is 1.70. The molecule has 0 fully saturated rings. The summed E-state index contributed by atoms with van der Waals surface area (Å²) in [6.07, 6.45) is 0.392. The van der Waals surface area contributed by atoms with Crippen LogP contribution in [0.4, 0.5) is 5.69 Å². The van der Waals surface area contributed by atoms with E-state index in [4.69, 9.17) is 9.66 Å². The first kappa shape index (κ1) is 18.1. The lowest BCUT2D eigenvalue weighted by Crippen LogP contribution is -2.50. The monoisotopic (exact) mass is 382 g/mol. The number of carboxylic acid groups (broad SMARTS) is 1. The van der Waals surface area contributed by atoms with Gasteiger partial charge in [0.15, 0.2) is 0 Å². The Kier molecular flexibility index (Phi) is 4.08. The lowest BCUT2D eigenvalue weighted by molar-refractivity contribution is -0.133. The molecule has 24 heavy (non-hydrogen) atoms. The van der Waals surface area contributed by atoms with E-state index in [2.05, 4.69) is 0 Å². The molecule has 0 atom stereocenters. The van der Waals surface area contributed by atoms with Gasteiger partial charge in [-0.25, -0.2) is 9.80 Å². The first-order valence-electron chi connectivity index (χ1n) is 5.80. The molecule has 1 heterocycles. The van der Waals surface area contributed by atoms with Crippen LogP contribution in [-0.4, -0.2) is 53.1 Å². The van der Waals surface area contributed by atoms with Gasteiger partial charge in [-0.2, -0.15) is 16.8 Å². The van der Waals surface area contributed by atoms with Crippen LogP contribution in [0.5, 0.6) is 0 Å². The van der Waals surface area contributed by atoms with Crippen LogP contribution in [0.15, 0.2) is 39.8 Å². The molecule has 2 rings (SSSR count). The summed E-state index contributed by atoms with van der Waals surface area (Å²) in [5.41, 5.74) is 0.323. The molecule has 0 bridgehead atoms. The van der Waals surface area contributed by atoms with E-state index in [1.54, 1.807) is 0 Å². The highest BCUT2D eigenvalue weighted by Gasteiger charge is 2.41. The summed E-state index contributed by atoms with van der Waals surface area (Å²) in [4.78, 5) is 9.07. The molecule has 0 unspecified atom stereocenters. The van der Waals surface area contributed by atoms with E-state index in [9.17, 15) is 36.4 Å². The van der Waals surface area contributed by atoms with Crippen LogP contribution in [0, 0.1) is 0 Å². The third-order valence-electron chi connectivity index (χ3n) is 2.88. The quantitative estimate of drug-likeness (QED) is 0.250. The molecule has 6 N–H and O–H groups in total. The Morgan fingerprint density at radius 2 is 1.67 bits per heavy atom. The number of anilines is 1. The molecule has 1 aliphatic heterocycles. The second-order valence-corrected chi connectivity index (χ2v) is 7.39. The zero-order valence-electron chi connectivity index (χ0n) is 11.4. The van der Waals surface area contributed by atoms with E-state index in [0.717, 1.165) is 0 Å². The average molecular weight is 382 g/mol. The fraction of sp³-hybridized carbons (Fsp3) is 0.100. The molecule has 1 aromatic rings. The molecule has 0 aromatic heterocycles. The number of aliphatic hydroxyl groups is 2. The van der Waals surface area contributed by atoms with Crippen LogP contribution in [-0.2, 0) is 25.0 Å². The van der Waals surface area contributed by atoms with Crippen molar-refractivity contribution in [1.82, 2.24) is 5.43 Å². The van der Waals surface area contributed by atoms with E-state index in [-0.39, 0.29) is 5.01 Å². The fourth-order valence-corrected chi connectivity index (χ4v) is 3.05. The van der Waals surface area contributed by atoms with Crippen LogP contribution < -0.4 is 10.4 Å². The largest absolute Gasteiger partial charge is 0.477 e. The summed E-state index contributed by atoms with van der Waals surface area (Å²) in [7, 11) is -9.78. The number of aliphatic carboxylic acids is 1. The molecular formula is C10H10N2O10S2. The number of hydrogen-bond donors (Lipinski definition) is 6. The summed E-state index contributed by atoms with van der Waals surface area (Å²) in [5.74, 6) is -4.71. The number of carboxylic acids is 1. The van der Waals surface area contributed by atoms with Gasteiger partial charge < -0.3 is 15.3 Å². The standard InChI is InChI=1S/C10H10N2O10S2/c13-9(14)6-4-10(15,16)12(11-6)7-3-5(23(17,18)19)1-2-8(7)24(20,21)22/h1-4,11,15-16H,(H,13,14)(H,17,18,19)(H,20,21,22). The minimum Gasteiger partial charge on any atom is -0.477 e. The average Bonchev–Trinajstić information content (AvgIpc) is 2.72. The minimum absolute atomic E-state index is 0.175. The maximum absolute atomic E-state index is 11.4. The van der Waals surface area contributed by atoms with Gasteiger partial charge in [0, 0.05) is 6.08 Å². The number of carbonyl (C=O) groups is 1. The first-order chi connectivity index (χ1) is 10.7. The van der Waals surface area contributed by atoms with Crippen molar-refractivity contribution in [3.63, 3.8) is 0 Å². The van der Waals surface area contributed by atoms with Crippen LogP contribution in [0.1, 0.15) is 0 Å². The van der Waals surface area contributed by atoms with Crippen LogP contribution in [0.3, 0.4) is 0 Å². The van der Waals surface area contributed by atoms with Crippen molar-refractivity contribution in [3.05, 3.63) is 30.0 Å². The van der Waals surface area contributed by atoms with E-state index in [0.29, 0.717) is 24.3 Å². The van der Waals surface area contributed by atoms with Crippen molar-refractivity contribution >= 4 is 31.9 Å². The fourth-order valence-electron chi connectivity index (χ4n) is 1.89. The molecule has 0 radical (unpaired) electrons. The van der Waals surface area contributed by atoms with Gasteiger partial charge in [-0.1, -0.05) is 0 Å². The summed E-state index contributed by atoms with van der Waals surface area (Å²) in [6.45, 7) is 0. The Morgan fingerprint density at radius 3 is 2.08 bits per heavy atom. The maximum atomic E-state index is 11.4. The van der Waals surface area contributed by atoms with Gasteiger partial charge in [-0.05, 0) is 18.2 Å². The third kappa shape index (κ3) is 3.32. The molecular weight excluding hydrogens is 372 g/mol. The Morgan fingerprint density at radius 1 is 1.08 bits per heavy atom. The van der Waals surface area contributed by atoms with Crippen LogP contribution in [0.25, 0.3) is 0 Å². The Balaban J connectivity index is 2.71. The number of nitrogens with zero attached hydrogens (tertiary/aromatic N) is 1. The predicted octanol–water partition coefficient (Wildman–Crippen LogP) is -1.89. The third-order valence-corrected chi connectivity index (χ3v) is 4.63. The Bertz CT molecular complexity index is 948. The van der Waals surface area contributed by atoms with Crippen molar-refractivity contribution in [2.24, 2.45) is 0 Å². The molecule has 132 valence electrons. The molecule has 0 saturated carbocycles. The molecule has 1 aromatic carbocycles. The van der Waals surface area contributed by atoms with Gasteiger partial charge >= 0.3 is 5.97 Å². The van der Waals surface area contributed by atoms with Crippen molar-refractivity contribution in [3.8, 4) is 0 Å². The highest BCUT2D eigenvalue weighted by atomic mass is 32.2. The number of rotatable bonds is 4. The predicted molar refractivity (Wildman–Crippen MR) is 74.6 cm³/mol. The molecule has 1 aliphatic rings. The second-order valence-electron chi connectivity index (χ2n) is 4.58. The number of hydrazine groups is 1. The first-order valence-corrected chi connectivity index (χ1v) is 8.68. The van der Waals surface area contributed by atoms with E-state index in [1.807, 2.05) is 5.43 Å². The normalized spacial score (nSPS) is 17.3. The van der Waals surface area contributed by atoms with Crippen molar-refractivity contribution < 1.29 is 46.1 Å². The van der Waals surface area contributed by atoms with E-state index < -0.39 is 53.3 Å². The maximum Gasteiger partial charge on any atom is 0.353 e. The Hall–Kier alpha value is -2.23. The number of hydrogen-bond acceptors (Lipinski definition) is 9. The minimum atomic E-state index is -4.97. The van der Waals surface area contributed by atoms with Gasteiger partial charge in [0.05, 0.1) is 10.6 Å². The lowest BCUT2D eigenvalue weighted by atomic mass is 10.3. The highest BCUT2D eigenvalue weighted by Crippen LogP contribution is 2.33. The Labute approximate surface area is 134 Å². The summed E-state index contributed by atoms with van der Waals surface area (Å²) >= 11 is 0. The lowest BCUT2D eigenvalue weighted by Gasteiger charge is -2.30. The van der Waals surface area contributed by atoms with Crippen molar-refractivity contribution in [1.29, 1.82) is 0 Å². The van der Waals surface area contributed by atoms with Gasteiger partial charge in [-0.3, -0.25) is 14.5 Å². The van der Waals surface area contributed by atoms with Gasteiger partial charge in [0.1, 0.15) is 10.6 Å². The second kappa shape index (κ2) is 5.40. The summed E-state index contributed by atoms with van der Waals surface area (Å²) in [5, 5.41) is 28.6.